The van der Waals surface area contributed by atoms with Crippen molar-refractivity contribution in [1.29, 1.82) is 5.26 Å². The summed E-state index contributed by atoms with van der Waals surface area (Å²) in [5.74, 6) is -0.514. The first kappa shape index (κ1) is 12.7. The first-order valence-electron chi connectivity index (χ1n) is 2.94. The van der Waals surface area contributed by atoms with Crippen LogP contribution in [-0.4, -0.2) is 0 Å². The van der Waals surface area contributed by atoms with E-state index in [-0.39, 0.29) is 15.7 Å². The van der Waals surface area contributed by atoms with E-state index < -0.39 is 5.82 Å². The van der Waals surface area contributed by atoms with Crippen molar-refractivity contribution in [3.8, 4) is 6.07 Å². The van der Waals surface area contributed by atoms with Crippen LogP contribution in [0.15, 0.2) is 18.2 Å². The molecule has 0 spiro atoms. The second-order valence-electron chi connectivity index (χ2n) is 1.61. The molecule has 1 nitrogen and oxygen atoms in total. The van der Waals surface area contributed by atoms with Gasteiger partial charge in [-0.05, 0) is 6.07 Å². The Morgan fingerprint density at radius 2 is 2.17 bits per heavy atom. The summed E-state index contributed by atoms with van der Waals surface area (Å²) in [5, 5.41) is 8.20. The quantitative estimate of drug-likeness (QED) is 0.450. The molecule has 0 atom stereocenters. The van der Waals surface area contributed by atoms with Crippen molar-refractivity contribution in [2.24, 2.45) is 0 Å². The molecule has 59 valence electrons. The van der Waals surface area contributed by atoms with Crippen molar-refractivity contribution < 1.29 is 14.5 Å². The third-order valence-electron chi connectivity index (χ3n) is 0.917. The maximum absolute atomic E-state index is 12.3. The predicted molar refractivity (Wildman–Crippen MR) is 58.0 cm³/mol. The Hall–Kier alpha value is 0.723. The molecule has 0 saturated carbocycles. The number of nitrogens with zero attached hydrogens (tertiary/aromatic N) is 1. The zero-order valence-corrected chi connectivity index (χ0v) is 13.3. The van der Waals surface area contributed by atoms with Crippen LogP contribution in [0, 0.1) is 23.2 Å². The monoisotopic (exact) mass is 438 g/mol. The van der Waals surface area contributed by atoms with Gasteiger partial charge >= 0.3 is 49.6 Å². The SMILES string of the molecule is N#Cc1[c]cccc1F.[I][Zn][I]. The van der Waals surface area contributed by atoms with Crippen LogP contribution >= 0.6 is 39.5 Å². The van der Waals surface area contributed by atoms with E-state index in [2.05, 4.69) is 45.6 Å². The van der Waals surface area contributed by atoms with E-state index in [4.69, 9.17) is 5.26 Å². The third-order valence-corrected chi connectivity index (χ3v) is 0.917. The van der Waals surface area contributed by atoms with Crippen LogP contribution in [0.4, 0.5) is 4.39 Å². The molecule has 0 unspecified atom stereocenters. The summed E-state index contributed by atoms with van der Waals surface area (Å²) < 4.78 is 12.3. The van der Waals surface area contributed by atoms with Gasteiger partial charge in [-0.25, -0.2) is 4.39 Å². The molecule has 1 aromatic rings. The fourth-order valence-electron chi connectivity index (χ4n) is 0.502. The molecule has 1 rings (SSSR count). The number of halogens is 3. The number of hydrogen-bond acceptors (Lipinski definition) is 1. The van der Waals surface area contributed by atoms with Gasteiger partial charge in [0.1, 0.15) is 11.9 Å². The van der Waals surface area contributed by atoms with Gasteiger partial charge in [0.15, 0.2) is 0 Å². The molecule has 0 aliphatic heterocycles. The number of rotatable bonds is 0. The van der Waals surface area contributed by atoms with E-state index in [1.54, 1.807) is 6.07 Å². The molecule has 0 amide bonds. The average Bonchev–Trinajstić information content (AvgIpc) is 2.07. The van der Waals surface area contributed by atoms with Crippen LogP contribution in [0.5, 0.6) is 0 Å². The van der Waals surface area contributed by atoms with E-state index in [0.29, 0.717) is 0 Å². The van der Waals surface area contributed by atoms with Crippen LogP contribution in [-0.2, 0) is 10.1 Å². The van der Waals surface area contributed by atoms with Gasteiger partial charge in [0.05, 0.1) is 5.56 Å². The van der Waals surface area contributed by atoms with Crippen LogP contribution < -0.4 is 0 Å². The zero-order chi connectivity index (χ0) is 9.40. The first-order chi connectivity index (χ1) is 5.76. The first-order valence-corrected chi connectivity index (χ1v) is 21.0. The van der Waals surface area contributed by atoms with Crippen LogP contribution in [0.3, 0.4) is 0 Å². The summed E-state index contributed by atoms with van der Waals surface area (Å²) in [4.78, 5) is 0. The predicted octanol–water partition coefficient (Wildman–Crippen LogP) is 3.27. The minimum absolute atomic E-state index is 0.0301. The van der Waals surface area contributed by atoms with Gasteiger partial charge in [-0.2, -0.15) is 5.26 Å². The molecule has 0 N–H and O–H groups in total. The summed E-state index contributed by atoms with van der Waals surface area (Å²) in [6, 6.07) is 8.34. The van der Waals surface area contributed by atoms with Crippen molar-refractivity contribution in [3.05, 3.63) is 35.6 Å². The standard InChI is InChI=1S/C7H3FN.2HI.Zn/c8-7-4-2-1-3-6(7)5-9;;;/h1-2,4H;2*1H;/q;;;+2/p-2. The molecule has 0 bridgehead atoms. The minimum atomic E-state index is -0.514. The molecule has 0 fully saturated rings. The van der Waals surface area contributed by atoms with E-state index >= 15 is 0 Å². The van der Waals surface area contributed by atoms with E-state index in [0.717, 1.165) is 0 Å². The van der Waals surface area contributed by atoms with E-state index in [1.165, 1.54) is 18.2 Å². The molecular weight excluding hydrogens is 436 g/mol. The molecule has 0 aliphatic rings. The van der Waals surface area contributed by atoms with Crippen LogP contribution in [0.2, 0.25) is 0 Å². The van der Waals surface area contributed by atoms with Crippen molar-refractivity contribution in [2.45, 2.75) is 0 Å². The van der Waals surface area contributed by atoms with Gasteiger partial charge in [0, 0.05) is 6.07 Å². The molecule has 0 heterocycles. The normalized spacial score (nSPS) is 7.17. The van der Waals surface area contributed by atoms with Gasteiger partial charge in [-0.1, -0.05) is 12.1 Å². The maximum atomic E-state index is 12.3. The van der Waals surface area contributed by atoms with Gasteiger partial charge in [-0.15, -0.1) is 0 Å². The Kier molecular flexibility index (Phi) is 8.83. The number of benzene rings is 1. The van der Waals surface area contributed by atoms with Gasteiger partial charge in [-0.3, -0.25) is 0 Å². The molecule has 0 saturated heterocycles. The van der Waals surface area contributed by atoms with E-state index in [1.807, 2.05) is 0 Å². The second kappa shape index (κ2) is 8.33. The molecule has 1 radical (unpaired) electrons. The average molecular weight is 439 g/mol. The van der Waals surface area contributed by atoms with Crippen molar-refractivity contribution in [3.63, 3.8) is 0 Å². The second-order valence-corrected chi connectivity index (χ2v) is 25.1. The van der Waals surface area contributed by atoms with Gasteiger partial charge in [0.25, 0.3) is 0 Å². The molecule has 0 aromatic heterocycles. The van der Waals surface area contributed by atoms with E-state index in [9.17, 15) is 4.39 Å². The fourth-order valence-corrected chi connectivity index (χ4v) is 0.502. The van der Waals surface area contributed by atoms with Crippen molar-refractivity contribution >= 4 is 39.5 Å². The molecule has 12 heavy (non-hydrogen) atoms. The summed E-state index contributed by atoms with van der Waals surface area (Å²) in [5.41, 5.74) is -0.0301. The Labute approximate surface area is 99.7 Å². The molecule has 5 heteroatoms. The summed E-state index contributed by atoms with van der Waals surface area (Å²) in [6.45, 7) is 0. The van der Waals surface area contributed by atoms with Gasteiger partial charge < -0.3 is 0 Å². The Bertz CT molecular complexity index is 274. The molecular formula is C7H3FI2NZn. The number of nitriles is 1. The Morgan fingerprint density at radius 1 is 1.58 bits per heavy atom. The summed E-state index contributed by atoms with van der Waals surface area (Å²) in [6.07, 6.45) is 0. The zero-order valence-electron chi connectivity index (χ0n) is 6.02. The van der Waals surface area contributed by atoms with Crippen molar-refractivity contribution in [1.82, 2.24) is 0 Å². The van der Waals surface area contributed by atoms with Crippen LogP contribution in [0.1, 0.15) is 5.56 Å². The third kappa shape index (κ3) is 5.38. The molecule has 1 aromatic carbocycles. The molecule has 0 aliphatic carbocycles. The topological polar surface area (TPSA) is 23.8 Å². The van der Waals surface area contributed by atoms with Crippen molar-refractivity contribution in [2.75, 3.05) is 0 Å². The summed E-state index contributed by atoms with van der Waals surface area (Å²) >= 11 is 4.93. The Morgan fingerprint density at radius 3 is 2.50 bits per heavy atom. The van der Waals surface area contributed by atoms with Crippen LogP contribution in [0.25, 0.3) is 0 Å². The van der Waals surface area contributed by atoms with Gasteiger partial charge in [0.2, 0.25) is 0 Å². The summed E-state index contributed by atoms with van der Waals surface area (Å²) in [7, 11) is 0.0650. The Balaban J connectivity index is 0.000000354. The fraction of sp³-hybridized carbons (Fsp3) is 0. The number of hydrogen-bond donors (Lipinski definition) is 0.